The number of aromatic amines is 4. The third-order valence-corrected chi connectivity index (χ3v) is 13.5. The number of nitrogens with zero attached hydrogens (tertiary/aromatic N) is 4. The average molecular weight is 875 g/mol. The summed E-state index contributed by atoms with van der Waals surface area (Å²) in [5.74, 6) is 7.44. The summed E-state index contributed by atoms with van der Waals surface area (Å²) in [5.41, 5.74) is 4.03. The maximum Gasteiger partial charge on any atom is 0.125 e. The number of anilines is 12. The smallest absolute Gasteiger partial charge is 0.125 e. The molecule has 0 saturated heterocycles. The summed E-state index contributed by atoms with van der Waals surface area (Å²) in [4.78, 5) is 26.0. The fourth-order valence-electron chi connectivity index (χ4n) is 10.5. The number of fused-ring (bicyclic) bond motifs is 1. The molecule has 8 bridgehead atoms. The minimum absolute atomic E-state index is 0.929. The molecule has 1 aliphatic rings. The van der Waals surface area contributed by atoms with Gasteiger partial charge in [0, 0.05) is 65.8 Å². The van der Waals surface area contributed by atoms with Crippen molar-refractivity contribution in [3.05, 3.63) is 231 Å². The number of benzene rings is 9. The van der Waals surface area contributed by atoms with E-state index >= 15 is 0 Å². The second-order valence-corrected chi connectivity index (χ2v) is 17.4. The van der Waals surface area contributed by atoms with Gasteiger partial charge in [-0.3, -0.25) is 19.6 Å². The number of rotatable bonds is 4. The molecule has 0 saturated carbocycles. The van der Waals surface area contributed by atoms with Crippen LogP contribution in [0.2, 0.25) is 0 Å². The van der Waals surface area contributed by atoms with E-state index in [2.05, 4.69) is 270 Å². The van der Waals surface area contributed by atoms with Gasteiger partial charge in [-0.25, -0.2) is 0 Å². The number of nitrogens with one attached hydrogen (secondary N) is 4. The molecule has 4 N–H and O–H groups in total. The van der Waals surface area contributed by atoms with Gasteiger partial charge in [0.2, 0.25) is 0 Å². The van der Waals surface area contributed by atoms with Crippen LogP contribution >= 0.6 is 0 Å². The summed E-state index contributed by atoms with van der Waals surface area (Å²) in [6, 6.07) is 82.3. The van der Waals surface area contributed by atoms with E-state index in [1.165, 1.54) is 0 Å². The molecular weight excluding hydrogens is 833 g/mol. The highest BCUT2D eigenvalue weighted by Crippen LogP contribution is 2.54. The molecule has 14 rings (SSSR count). The van der Waals surface area contributed by atoms with E-state index < -0.39 is 0 Å². The minimum Gasteiger partial charge on any atom is -0.326 e. The maximum absolute atomic E-state index is 4.16. The van der Waals surface area contributed by atoms with Crippen molar-refractivity contribution in [2.24, 2.45) is 0 Å². The molecular formula is C60H42N8. The molecule has 8 heteroatoms. The number of hydrogen-bond donors (Lipinski definition) is 4. The van der Waals surface area contributed by atoms with Crippen LogP contribution in [0.1, 0.15) is 0 Å². The second kappa shape index (κ2) is 15.1. The van der Waals surface area contributed by atoms with Crippen molar-refractivity contribution in [1.82, 2.24) is 19.9 Å². The first kappa shape index (κ1) is 37.9. The Morgan fingerprint density at radius 3 is 0.618 bits per heavy atom. The molecule has 13 aromatic rings. The first-order valence-corrected chi connectivity index (χ1v) is 23.0. The Hall–Kier alpha value is -9.40. The highest BCUT2D eigenvalue weighted by atomic mass is 15.4. The van der Waals surface area contributed by atoms with Crippen molar-refractivity contribution in [3.8, 4) is 0 Å². The molecule has 0 spiro atoms. The van der Waals surface area contributed by atoms with Gasteiger partial charge >= 0.3 is 0 Å². The van der Waals surface area contributed by atoms with Gasteiger partial charge in [0.25, 0.3) is 0 Å². The molecule has 0 unspecified atom stereocenters. The number of para-hydroxylation sites is 4. The number of H-pyrrole nitrogens is 4. The first-order chi connectivity index (χ1) is 33.8. The van der Waals surface area contributed by atoms with Gasteiger partial charge in [-0.15, -0.1) is 0 Å². The molecule has 5 heterocycles. The Kier molecular flexibility index (Phi) is 8.41. The zero-order chi connectivity index (χ0) is 44.7. The largest absolute Gasteiger partial charge is 0.326 e. The van der Waals surface area contributed by atoms with Crippen LogP contribution in [-0.2, 0) is 0 Å². The molecule has 8 nitrogen and oxygen atoms in total. The van der Waals surface area contributed by atoms with E-state index in [-0.39, 0.29) is 0 Å². The molecule has 0 fully saturated rings. The molecule has 0 atom stereocenters. The zero-order valence-corrected chi connectivity index (χ0v) is 36.7. The Balaban J connectivity index is 1.20. The van der Waals surface area contributed by atoms with Gasteiger partial charge in [-0.05, 0) is 71.4 Å². The van der Waals surface area contributed by atoms with Crippen LogP contribution in [0.4, 0.5) is 69.3 Å². The zero-order valence-electron chi connectivity index (χ0n) is 36.7. The SMILES string of the molecule is c1ccc(N2c3[nH]c(c4ccccc34)N(c3ccccc3)c3[nH]c(c4ccccc34)N(c3ccccc3)c3[nH]c(c4cc5ccccc5cc34)N(c3ccccc3)c3[nH]c2c2ccccc32)cc1. The second-order valence-electron chi connectivity index (χ2n) is 17.4. The van der Waals surface area contributed by atoms with Gasteiger partial charge < -0.3 is 19.9 Å². The van der Waals surface area contributed by atoms with Crippen LogP contribution < -0.4 is 19.6 Å². The van der Waals surface area contributed by atoms with Gasteiger partial charge in [-0.2, -0.15) is 0 Å². The molecule has 4 aromatic heterocycles. The Bertz CT molecular complexity index is 3740. The van der Waals surface area contributed by atoms with E-state index in [0.29, 0.717) is 0 Å². The van der Waals surface area contributed by atoms with Crippen molar-refractivity contribution in [2.75, 3.05) is 19.6 Å². The van der Waals surface area contributed by atoms with Crippen LogP contribution in [0, 0.1) is 0 Å². The minimum atomic E-state index is 0.929. The molecule has 68 heavy (non-hydrogen) atoms. The molecule has 0 amide bonds. The van der Waals surface area contributed by atoms with E-state index in [1.54, 1.807) is 0 Å². The quantitative estimate of drug-likeness (QED) is 0.142. The van der Waals surface area contributed by atoms with E-state index in [4.69, 9.17) is 0 Å². The first-order valence-electron chi connectivity index (χ1n) is 23.0. The lowest BCUT2D eigenvalue weighted by Gasteiger charge is -2.27. The van der Waals surface area contributed by atoms with Crippen molar-refractivity contribution in [3.63, 3.8) is 0 Å². The van der Waals surface area contributed by atoms with Crippen molar-refractivity contribution in [1.29, 1.82) is 0 Å². The van der Waals surface area contributed by atoms with Crippen molar-refractivity contribution >= 4 is 123 Å². The number of hydrogen-bond acceptors (Lipinski definition) is 4. The standard InChI is InChI=1S/C60H42N8/c1-5-23-41(24-6-1)65-53-45-31-15-16-32-46(45)54(61-53)66(42-25-7-2-8-26-42)56-48-34-18-20-36-50(48)58(63-56)68(44-29-11-4-12-30-44)60-52-38-40-22-14-13-21-39(40)37-51(52)59(64-60)67(43-27-9-3-10-28-43)57-49-35-19-17-33-47(49)55(65)62-57/h1-38,61-64H. The lowest BCUT2D eigenvalue weighted by Crippen LogP contribution is -2.16. The normalized spacial score (nSPS) is 12.9. The average Bonchev–Trinajstić information content (AvgIpc) is 4.17. The molecule has 0 radical (unpaired) electrons. The summed E-state index contributed by atoms with van der Waals surface area (Å²) in [5, 5.41) is 10.9. The Morgan fingerprint density at radius 2 is 0.382 bits per heavy atom. The molecule has 9 aromatic carbocycles. The van der Waals surface area contributed by atoms with Crippen molar-refractivity contribution in [2.45, 2.75) is 0 Å². The summed E-state index contributed by atoms with van der Waals surface area (Å²) in [6.45, 7) is 0. The van der Waals surface area contributed by atoms with Crippen LogP contribution in [-0.4, -0.2) is 19.9 Å². The lowest BCUT2D eigenvalue weighted by atomic mass is 10.0. The van der Waals surface area contributed by atoms with Gasteiger partial charge in [0.15, 0.2) is 0 Å². The predicted molar refractivity (Wildman–Crippen MR) is 284 cm³/mol. The molecule has 322 valence electrons. The third kappa shape index (κ3) is 5.74. The monoisotopic (exact) mass is 874 g/mol. The third-order valence-electron chi connectivity index (χ3n) is 13.5. The summed E-state index contributed by atoms with van der Waals surface area (Å²) >= 11 is 0. The lowest BCUT2D eigenvalue weighted by molar-refractivity contribution is 1.10. The Morgan fingerprint density at radius 1 is 0.191 bits per heavy atom. The fourth-order valence-corrected chi connectivity index (χ4v) is 10.5. The summed E-state index contributed by atoms with van der Waals surface area (Å²) in [7, 11) is 0. The summed E-state index contributed by atoms with van der Waals surface area (Å²) in [6.07, 6.45) is 0. The highest BCUT2D eigenvalue weighted by molar-refractivity contribution is 6.18. The van der Waals surface area contributed by atoms with Crippen LogP contribution in [0.15, 0.2) is 231 Å². The number of aromatic nitrogens is 4. The molecule has 1 aliphatic heterocycles. The fraction of sp³-hybridized carbons (Fsp3) is 0. The van der Waals surface area contributed by atoms with Gasteiger partial charge in [0.05, 0.1) is 0 Å². The van der Waals surface area contributed by atoms with Crippen molar-refractivity contribution < 1.29 is 0 Å². The van der Waals surface area contributed by atoms with Gasteiger partial charge in [-0.1, -0.05) is 170 Å². The van der Waals surface area contributed by atoms with Gasteiger partial charge in [0.1, 0.15) is 46.5 Å². The van der Waals surface area contributed by atoms with Crippen LogP contribution in [0.5, 0.6) is 0 Å². The topological polar surface area (TPSA) is 76.1 Å². The molecule has 0 aliphatic carbocycles. The van der Waals surface area contributed by atoms with E-state index in [1.807, 2.05) is 0 Å². The predicted octanol–water partition coefficient (Wildman–Crippen LogP) is 17.0. The van der Waals surface area contributed by atoms with E-state index in [9.17, 15) is 0 Å². The maximum atomic E-state index is 4.16. The van der Waals surface area contributed by atoms with E-state index in [0.717, 1.165) is 123 Å². The Labute approximate surface area is 391 Å². The van der Waals surface area contributed by atoms with Crippen LogP contribution in [0.25, 0.3) is 53.9 Å². The summed E-state index contributed by atoms with van der Waals surface area (Å²) < 4.78 is 0. The van der Waals surface area contributed by atoms with Crippen LogP contribution in [0.3, 0.4) is 0 Å². The highest BCUT2D eigenvalue weighted by Gasteiger charge is 2.33.